The highest BCUT2D eigenvalue weighted by Crippen LogP contribution is 1.76. The fourth-order valence-electron chi connectivity index (χ4n) is 0.0770. The summed E-state index contributed by atoms with van der Waals surface area (Å²) in [5.41, 5.74) is 5.79. The molecule has 0 atom stereocenters. The molecule has 0 amide bonds. The SMILES string of the molecule is N/C(Cl)=N\N=C\Cl. The highest BCUT2D eigenvalue weighted by molar-refractivity contribution is 6.64. The van der Waals surface area contributed by atoms with Crippen LogP contribution in [0.5, 0.6) is 0 Å². The fourth-order valence-corrected chi connectivity index (χ4v) is 0.164. The summed E-state index contributed by atoms with van der Waals surface area (Å²) >= 11 is 9.94. The summed E-state index contributed by atoms with van der Waals surface area (Å²) in [5, 5.41) is 6.16. The van der Waals surface area contributed by atoms with Crippen molar-refractivity contribution in [1.82, 2.24) is 0 Å². The van der Waals surface area contributed by atoms with Gasteiger partial charge in [0.1, 0.15) is 5.67 Å². The number of rotatable bonds is 1. The van der Waals surface area contributed by atoms with Crippen molar-refractivity contribution >= 4 is 34.2 Å². The Morgan fingerprint density at radius 1 is 1.71 bits per heavy atom. The monoisotopic (exact) mass is 139 g/mol. The van der Waals surface area contributed by atoms with Gasteiger partial charge in [-0.25, -0.2) is 0 Å². The van der Waals surface area contributed by atoms with Crippen LogP contribution in [0.2, 0.25) is 0 Å². The molecule has 2 N–H and O–H groups in total. The van der Waals surface area contributed by atoms with Crippen molar-refractivity contribution < 1.29 is 0 Å². The minimum Gasteiger partial charge on any atom is -0.373 e. The molecule has 7 heavy (non-hydrogen) atoms. The van der Waals surface area contributed by atoms with Crippen LogP contribution in [0.15, 0.2) is 10.2 Å². The van der Waals surface area contributed by atoms with Crippen molar-refractivity contribution in [3.63, 3.8) is 0 Å². The van der Waals surface area contributed by atoms with Crippen LogP contribution in [0, 0.1) is 0 Å². The van der Waals surface area contributed by atoms with Crippen molar-refractivity contribution in [3.8, 4) is 0 Å². The van der Waals surface area contributed by atoms with Crippen molar-refractivity contribution in [1.29, 1.82) is 0 Å². The van der Waals surface area contributed by atoms with Crippen LogP contribution >= 0.6 is 23.2 Å². The van der Waals surface area contributed by atoms with E-state index in [0.29, 0.717) is 0 Å². The van der Waals surface area contributed by atoms with Gasteiger partial charge in [-0.1, -0.05) is 11.6 Å². The molecule has 0 spiro atoms. The van der Waals surface area contributed by atoms with E-state index >= 15 is 0 Å². The van der Waals surface area contributed by atoms with Crippen molar-refractivity contribution in [2.24, 2.45) is 15.9 Å². The molecule has 5 heteroatoms. The third-order valence-corrected chi connectivity index (χ3v) is 0.360. The Kier molecular flexibility index (Phi) is 3.74. The van der Waals surface area contributed by atoms with E-state index in [-0.39, 0.29) is 5.29 Å². The molecule has 0 aromatic heterocycles. The Morgan fingerprint density at radius 2 is 2.29 bits per heavy atom. The summed E-state index contributed by atoms with van der Waals surface area (Å²) in [4.78, 5) is 0. The Balaban J connectivity index is 3.46. The molecular formula is C2H3Cl2N3. The van der Waals surface area contributed by atoms with Crippen molar-refractivity contribution in [2.45, 2.75) is 0 Å². The highest BCUT2D eigenvalue weighted by Gasteiger charge is 1.72. The normalized spacial score (nSPS) is 13.1. The number of nitrogens with two attached hydrogens (primary N) is 1. The molecule has 0 aliphatic heterocycles. The van der Waals surface area contributed by atoms with E-state index in [4.69, 9.17) is 28.9 Å². The standard InChI is InChI=1S/C2H3Cl2N3/c3-1-6-7-2(4)5/h1H,(H2,5,7)/b6-1+. The molecule has 40 valence electrons. The van der Waals surface area contributed by atoms with Gasteiger partial charge in [-0.05, 0) is 11.6 Å². The quantitative estimate of drug-likeness (QED) is 0.248. The number of nitrogens with zero attached hydrogens (tertiary/aromatic N) is 2. The topological polar surface area (TPSA) is 50.7 Å². The minimum atomic E-state index is -0.128. The average molecular weight is 140 g/mol. The maximum atomic E-state index is 5.01. The van der Waals surface area contributed by atoms with Crippen molar-refractivity contribution in [3.05, 3.63) is 0 Å². The maximum Gasteiger partial charge on any atom is 0.214 e. The summed E-state index contributed by atoms with van der Waals surface area (Å²) in [5.74, 6) is 0. The second kappa shape index (κ2) is 3.89. The van der Waals surface area contributed by atoms with Crippen LogP contribution in [0.4, 0.5) is 0 Å². The van der Waals surface area contributed by atoms with Gasteiger partial charge in [0.05, 0.1) is 0 Å². The summed E-state index contributed by atoms with van der Waals surface area (Å²) in [6, 6.07) is 0. The molecule has 0 bridgehead atoms. The molecule has 0 aromatic carbocycles. The summed E-state index contributed by atoms with van der Waals surface area (Å²) in [6.45, 7) is 0. The molecule has 0 aliphatic rings. The third-order valence-electron chi connectivity index (χ3n) is 0.197. The van der Waals surface area contributed by atoms with E-state index in [1.165, 1.54) is 0 Å². The Bertz CT molecular complexity index is 93.1. The van der Waals surface area contributed by atoms with E-state index in [0.717, 1.165) is 5.67 Å². The molecule has 0 aliphatic carbocycles. The zero-order valence-corrected chi connectivity index (χ0v) is 4.82. The second-order valence-corrected chi connectivity index (χ2v) is 1.22. The molecular weight excluding hydrogens is 137 g/mol. The lowest BCUT2D eigenvalue weighted by Crippen LogP contribution is -1.99. The zero-order valence-electron chi connectivity index (χ0n) is 3.31. The van der Waals surface area contributed by atoms with Crippen LogP contribution in [-0.4, -0.2) is 11.0 Å². The number of hydrogen-bond donors (Lipinski definition) is 1. The molecule has 0 aromatic rings. The molecule has 0 rings (SSSR count). The molecule has 0 saturated heterocycles. The fraction of sp³-hybridized carbons (Fsp3) is 0. The smallest absolute Gasteiger partial charge is 0.214 e. The Morgan fingerprint density at radius 3 is 2.43 bits per heavy atom. The predicted octanol–water partition coefficient (Wildman–Crippen LogP) is 0.722. The minimum absolute atomic E-state index is 0.128. The van der Waals surface area contributed by atoms with Crippen LogP contribution in [-0.2, 0) is 0 Å². The van der Waals surface area contributed by atoms with Gasteiger partial charge in [0, 0.05) is 0 Å². The number of amidine groups is 1. The van der Waals surface area contributed by atoms with Gasteiger partial charge in [0.25, 0.3) is 0 Å². The summed E-state index contributed by atoms with van der Waals surface area (Å²) < 4.78 is 0. The first kappa shape index (κ1) is 6.72. The molecule has 0 unspecified atom stereocenters. The van der Waals surface area contributed by atoms with Gasteiger partial charge in [-0.3, -0.25) is 0 Å². The first-order chi connectivity index (χ1) is 3.27. The van der Waals surface area contributed by atoms with E-state index in [2.05, 4.69) is 10.2 Å². The van der Waals surface area contributed by atoms with Crippen LogP contribution < -0.4 is 5.73 Å². The van der Waals surface area contributed by atoms with Crippen LogP contribution in [0.3, 0.4) is 0 Å². The first-order valence-corrected chi connectivity index (χ1v) is 2.19. The molecule has 0 saturated carbocycles. The lowest BCUT2D eigenvalue weighted by Gasteiger charge is -1.74. The van der Waals surface area contributed by atoms with Gasteiger partial charge in [0.15, 0.2) is 0 Å². The highest BCUT2D eigenvalue weighted by atomic mass is 35.5. The van der Waals surface area contributed by atoms with E-state index < -0.39 is 0 Å². The second-order valence-electron chi connectivity index (χ2n) is 0.636. The van der Waals surface area contributed by atoms with E-state index in [1.807, 2.05) is 0 Å². The molecule has 0 fully saturated rings. The number of hydrogen-bond acceptors (Lipinski definition) is 2. The molecule has 0 radical (unpaired) electrons. The zero-order chi connectivity index (χ0) is 5.70. The Hall–Kier alpha value is -0.280. The van der Waals surface area contributed by atoms with Gasteiger partial charge >= 0.3 is 0 Å². The first-order valence-electron chi connectivity index (χ1n) is 1.38. The summed E-state index contributed by atoms with van der Waals surface area (Å²) in [6.07, 6.45) is 0. The maximum absolute atomic E-state index is 5.01. The lowest BCUT2D eigenvalue weighted by molar-refractivity contribution is 1.26. The average Bonchev–Trinajstić information content (AvgIpc) is 1.61. The van der Waals surface area contributed by atoms with Crippen molar-refractivity contribution in [2.75, 3.05) is 0 Å². The molecule has 3 nitrogen and oxygen atoms in total. The summed E-state index contributed by atoms with van der Waals surface area (Å²) in [7, 11) is 0. The Labute approximate surface area is 50.8 Å². The van der Waals surface area contributed by atoms with Gasteiger partial charge in [0.2, 0.25) is 5.29 Å². The predicted molar refractivity (Wildman–Crippen MR) is 31.8 cm³/mol. The van der Waals surface area contributed by atoms with Gasteiger partial charge < -0.3 is 5.73 Å². The molecule has 0 heterocycles. The van der Waals surface area contributed by atoms with Crippen LogP contribution in [0.1, 0.15) is 0 Å². The van der Waals surface area contributed by atoms with E-state index in [1.54, 1.807) is 0 Å². The largest absolute Gasteiger partial charge is 0.373 e. The number of halogens is 2. The van der Waals surface area contributed by atoms with Crippen LogP contribution in [0.25, 0.3) is 0 Å². The van der Waals surface area contributed by atoms with Gasteiger partial charge in [-0.15, -0.1) is 10.2 Å². The van der Waals surface area contributed by atoms with Gasteiger partial charge in [-0.2, -0.15) is 0 Å². The lowest BCUT2D eigenvalue weighted by atomic mass is 11.4. The van der Waals surface area contributed by atoms with E-state index in [9.17, 15) is 0 Å². The third kappa shape index (κ3) is 5.72.